The van der Waals surface area contributed by atoms with Crippen LogP contribution in [-0.2, 0) is 0 Å². The molecule has 3 aliphatic rings. The van der Waals surface area contributed by atoms with Gasteiger partial charge in [-0.05, 0) is 60.7 Å². The van der Waals surface area contributed by atoms with E-state index < -0.39 is 0 Å². The molecule has 3 aliphatic heterocycles. The number of nitrogens with zero attached hydrogens (tertiary/aromatic N) is 3. The number of halogens is 1. The summed E-state index contributed by atoms with van der Waals surface area (Å²) in [6.07, 6.45) is 2.36. The Kier molecular flexibility index (Phi) is 6.82. The van der Waals surface area contributed by atoms with Gasteiger partial charge in [0.15, 0.2) is 11.9 Å². The van der Waals surface area contributed by atoms with Crippen LogP contribution in [0.4, 0.5) is 17.1 Å². The van der Waals surface area contributed by atoms with Crippen molar-refractivity contribution >= 4 is 41.4 Å². The molecule has 5 rings (SSSR count). The average Bonchev–Trinajstić information content (AvgIpc) is 3.50. The molecule has 7 nitrogen and oxygen atoms in total. The highest BCUT2D eigenvalue weighted by Crippen LogP contribution is 2.31. The number of guanidine groups is 2. The smallest absolute Gasteiger partial charge is 0.195 e. The number of rotatable bonds is 4. The van der Waals surface area contributed by atoms with Gasteiger partial charge in [0, 0.05) is 43.2 Å². The molecule has 31 heavy (non-hydrogen) atoms. The molecule has 0 amide bonds. The Balaban J connectivity index is 0.00000231. The summed E-state index contributed by atoms with van der Waals surface area (Å²) >= 11 is 0. The van der Waals surface area contributed by atoms with Crippen LogP contribution in [0.15, 0.2) is 58.5 Å². The minimum atomic E-state index is 0. The van der Waals surface area contributed by atoms with Crippen molar-refractivity contribution in [3.8, 4) is 0 Å². The lowest BCUT2D eigenvalue weighted by Gasteiger charge is -2.34. The van der Waals surface area contributed by atoms with Gasteiger partial charge in [-0.25, -0.2) is 0 Å². The van der Waals surface area contributed by atoms with Crippen LogP contribution in [0.5, 0.6) is 0 Å². The van der Waals surface area contributed by atoms with Crippen LogP contribution in [-0.4, -0.2) is 51.2 Å². The zero-order chi connectivity index (χ0) is 20.2. The first-order chi connectivity index (χ1) is 14.8. The van der Waals surface area contributed by atoms with Gasteiger partial charge in [-0.3, -0.25) is 9.98 Å². The SMILES string of the molecule is Cl.c1cc(C2CCN(c3ccc(NC4=NCCN4)cc3)CC2)ccc1NC1=NCCN1. The Bertz CT molecular complexity index is 838. The lowest BCUT2D eigenvalue weighted by molar-refractivity contribution is 0.505. The van der Waals surface area contributed by atoms with Crippen LogP contribution in [0.3, 0.4) is 0 Å². The molecule has 0 spiro atoms. The molecule has 0 aliphatic carbocycles. The van der Waals surface area contributed by atoms with Crippen LogP contribution >= 0.6 is 12.4 Å². The second-order valence-corrected chi connectivity index (χ2v) is 7.99. The average molecular weight is 440 g/mol. The van der Waals surface area contributed by atoms with Crippen LogP contribution < -0.4 is 26.2 Å². The predicted octanol–water partition coefficient (Wildman–Crippen LogP) is 3.23. The van der Waals surface area contributed by atoms with Gasteiger partial charge in [0.05, 0.1) is 13.1 Å². The van der Waals surface area contributed by atoms with Crippen LogP contribution in [0.2, 0.25) is 0 Å². The van der Waals surface area contributed by atoms with E-state index in [-0.39, 0.29) is 12.4 Å². The van der Waals surface area contributed by atoms with E-state index in [1.54, 1.807) is 0 Å². The summed E-state index contributed by atoms with van der Waals surface area (Å²) in [6, 6.07) is 17.5. The Morgan fingerprint density at radius 3 is 1.74 bits per heavy atom. The Hall–Kier alpha value is -2.93. The fourth-order valence-electron chi connectivity index (χ4n) is 4.30. The van der Waals surface area contributed by atoms with Gasteiger partial charge in [-0.2, -0.15) is 0 Å². The Morgan fingerprint density at radius 2 is 1.26 bits per heavy atom. The number of piperidine rings is 1. The topological polar surface area (TPSA) is 76.1 Å². The predicted molar refractivity (Wildman–Crippen MR) is 132 cm³/mol. The van der Waals surface area contributed by atoms with E-state index in [1.165, 1.54) is 24.1 Å². The maximum Gasteiger partial charge on any atom is 0.195 e. The molecular weight excluding hydrogens is 410 g/mol. The molecule has 0 radical (unpaired) electrons. The number of anilines is 3. The third-order valence-electron chi connectivity index (χ3n) is 5.98. The summed E-state index contributed by atoms with van der Waals surface area (Å²) in [5.74, 6) is 2.38. The molecule has 1 fully saturated rings. The van der Waals surface area contributed by atoms with Gasteiger partial charge in [-0.1, -0.05) is 12.1 Å². The molecular formula is C23H30ClN7. The third kappa shape index (κ3) is 5.22. The van der Waals surface area contributed by atoms with Crippen molar-refractivity contribution in [1.29, 1.82) is 0 Å². The fourth-order valence-corrected chi connectivity index (χ4v) is 4.30. The van der Waals surface area contributed by atoms with Gasteiger partial charge >= 0.3 is 0 Å². The maximum atomic E-state index is 4.39. The highest BCUT2D eigenvalue weighted by Gasteiger charge is 2.21. The number of hydrogen-bond donors (Lipinski definition) is 4. The number of aliphatic imine (C=N–C) groups is 2. The molecule has 0 saturated carbocycles. The van der Waals surface area contributed by atoms with Crippen molar-refractivity contribution in [2.24, 2.45) is 9.98 Å². The third-order valence-corrected chi connectivity index (χ3v) is 5.98. The van der Waals surface area contributed by atoms with E-state index in [0.717, 1.165) is 62.6 Å². The van der Waals surface area contributed by atoms with E-state index >= 15 is 0 Å². The van der Waals surface area contributed by atoms with E-state index in [4.69, 9.17) is 0 Å². The first-order valence-electron chi connectivity index (χ1n) is 10.9. The van der Waals surface area contributed by atoms with Gasteiger partial charge in [0.1, 0.15) is 0 Å². The van der Waals surface area contributed by atoms with Gasteiger partial charge in [-0.15, -0.1) is 12.4 Å². The molecule has 0 unspecified atom stereocenters. The molecule has 0 atom stereocenters. The zero-order valence-electron chi connectivity index (χ0n) is 17.6. The summed E-state index contributed by atoms with van der Waals surface area (Å²) in [6.45, 7) is 5.72. The summed E-state index contributed by atoms with van der Waals surface area (Å²) < 4.78 is 0. The second-order valence-electron chi connectivity index (χ2n) is 7.99. The van der Waals surface area contributed by atoms with Gasteiger partial charge in [0.25, 0.3) is 0 Å². The number of hydrogen-bond acceptors (Lipinski definition) is 7. The number of benzene rings is 2. The largest absolute Gasteiger partial charge is 0.371 e. The highest BCUT2D eigenvalue weighted by atomic mass is 35.5. The van der Waals surface area contributed by atoms with Crippen LogP contribution in [0.1, 0.15) is 24.3 Å². The highest BCUT2D eigenvalue weighted by molar-refractivity contribution is 5.95. The second kappa shape index (κ2) is 9.92. The number of nitrogens with one attached hydrogen (secondary N) is 4. The summed E-state index contributed by atoms with van der Waals surface area (Å²) in [5, 5.41) is 13.2. The van der Waals surface area contributed by atoms with E-state index in [9.17, 15) is 0 Å². The van der Waals surface area contributed by atoms with Crippen molar-refractivity contribution in [2.45, 2.75) is 18.8 Å². The molecule has 1 saturated heterocycles. The molecule has 2 aromatic carbocycles. The van der Waals surface area contributed by atoms with E-state index in [2.05, 4.69) is 84.7 Å². The van der Waals surface area contributed by atoms with Crippen molar-refractivity contribution in [1.82, 2.24) is 10.6 Å². The quantitative estimate of drug-likeness (QED) is 0.588. The standard InChI is InChI=1S/C23H29N7.ClH/c1-3-19(28-22-24-11-12-25-22)4-2-17(1)18-9-15-30(16-10-18)21-7-5-20(6-8-21)29-23-26-13-14-27-23;/h1-8,18H,9-16H2,(H2,24,25,28)(H2,26,27,29);1H. The van der Waals surface area contributed by atoms with Gasteiger partial charge in [0.2, 0.25) is 0 Å². The molecule has 4 N–H and O–H groups in total. The summed E-state index contributed by atoms with van der Waals surface area (Å²) in [7, 11) is 0. The monoisotopic (exact) mass is 439 g/mol. The van der Waals surface area contributed by atoms with Crippen LogP contribution in [0, 0.1) is 0 Å². The minimum Gasteiger partial charge on any atom is -0.371 e. The summed E-state index contributed by atoms with van der Waals surface area (Å²) in [4.78, 5) is 11.3. The molecule has 164 valence electrons. The van der Waals surface area contributed by atoms with Crippen molar-refractivity contribution in [3.63, 3.8) is 0 Å². The van der Waals surface area contributed by atoms with Crippen LogP contribution in [0.25, 0.3) is 0 Å². The molecule has 3 heterocycles. The maximum absolute atomic E-state index is 4.39. The lowest BCUT2D eigenvalue weighted by Crippen LogP contribution is -2.32. The molecule has 0 bridgehead atoms. The van der Waals surface area contributed by atoms with Crippen molar-refractivity contribution in [3.05, 3.63) is 54.1 Å². The van der Waals surface area contributed by atoms with E-state index in [1.807, 2.05) is 0 Å². The molecule has 8 heteroatoms. The van der Waals surface area contributed by atoms with E-state index in [0.29, 0.717) is 5.92 Å². The first-order valence-corrected chi connectivity index (χ1v) is 10.9. The Morgan fingerprint density at radius 1 is 0.742 bits per heavy atom. The normalized spacial score (nSPS) is 18.4. The first kappa shape index (κ1) is 21.3. The van der Waals surface area contributed by atoms with Crippen molar-refractivity contribution < 1.29 is 0 Å². The summed E-state index contributed by atoms with van der Waals surface area (Å²) in [5.41, 5.74) is 4.90. The molecule has 0 aromatic heterocycles. The zero-order valence-corrected chi connectivity index (χ0v) is 18.4. The van der Waals surface area contributed by atoms with Crippen molar-refractivity contribution in [2.75, 3.05) is 54.8 Å². The van der Waals surface area contributed by atoms with Gasteiger partial charge < -0.3 is 26.2 Å². The minimum absolute atomic E-state index is 0. The lowest BCUT2D eigenvalue weighted by atomic mass is 9.89. The Labute approximate surface area is 189 Å². The fraction of sp³-hybridized carbons (Fsp3) is 0.391. The molecule has 2 aromatic rings.